The van der Waals surface area contributed by atoms with Gasteiger partial charge in [-0.25, -0.2) is 0 Å². The Labute approximate surface area is 143 Å². The quantitative estimate of drug-likeness (QED) is 0.724. The van der Waals surface area contributed by atoms with Crippen LogP contribution in [0.3, 0.4) is 0 Å². The topological polar surface area (TPSA) is 62.2 Å². The molecule has 130 valence electrons. The van der Waals surface area contributed by atoms with Crippen molar-refractivity contribution in [3.63, 3.8) is 0 Å². The molecule has 0 aliphatic carbocycles. The molecular formula is C18H27N5O. The van der Waals surface area contributed by atoms with Crippen molar-refractivity contribution >= 4 is 11.7 Å². The Kier molecular flexibility index (Phi) is 6.37. The van der Waals surface area contributed by atoms with Crippen LogP contribution in [0.25, 0.3) is 0 Å². The number of nitrogens with one attached hydrogen (secondary N) is 2. The lowest BCUT2D eigenvalue weighted by molar-refractivity contribution is 0.0953. The predicted octanol–water partition coefficient (Wildman–Crippen LogP) is 1.70. The number of aromatic nitrogens is 2. The number of hydrogen-bond donors (Lipinski definition) is 2. The number of nitrogens with zero attached hydrogens (tertiary/aromatic N) is 3. The molecule has 1 amide bonds. The molecule has 0 saturated carbocycles. The van der Waals surface area contributed by atoms with Crippen LogP contribution in [0.2, 0.25) is 0 Å². The minimum Gasteiger partial charge on any atom is -0.363 e. The third-order valence-electron chi connectivity index (χ3n) is 3.89. The number of aryl methyl sites for hydroxylation is 2. The van der Waals surface area contributed by atoms with Crippen molar-refractivity contribution in [1.82, 2.24) is 20.4 Å². The van der Waals surface area contributed by atoms with Gasteiger partial charge in [-0.2, -0.15) is 5.10 Å². The fourth-order valence-electron chi connectivity index (χ4n) is 2.78. The molecule has 0 aliphatic heterocycles. The average Bonchev–Trinajstić information content (AvgIpc) is 2.85. The van der Waals surface area contributed by atoms with E-state index in [1.807, 2.05) is 63.1 Å². The molecule has 1 aromatic carbocycles. The van der Waals surface area contributed by atoms with Gasteiger partial charge in [-0.1, -0.05) is 18.2 Å². The van der Waals surface area contributed by atoms with Gasteiger partial charge in [-0.3, -0.25) is 9.48 Å². The van der Waals surface area contributed by atoms with E-state index < -0.39 is 0 Å². The van der Waals surface area contributed by atoms with Crippen molar-refractivity contribution < 1.29 is 4.79 Å². The van der Waals surface area contributed by atoms with E-state index in [0.29, 0.717) is 12.1 Å². The van der Waals surface area contributed by atoms with Gasteiger partial charge in [0.05, 0.1) is 5.69 Å². The zero-order valence-corrected chi connectivity index (χ0v) is 15.0. The van der Waals surface area contributed by atoms with Crippen molar-refractivity contribution in [2.75, 3.05) is 32.1 Å². The van der Waals surface area contributed by atoms with Crippen LogP contribution >= 0.6 is 0 Å². The summed E-state index contributed by atoms with van der Waals surface area (Å²) in [6, 6.07) is 9.29. The molecule has 0 fully saturated rings. The van der Waals surface area contributed by atoms with Crippen LogP contribution in [0, 0.1) is 6.92 Å². The zero-order valence-electron chi connectivity index (χ0n) is 15.0. The second-order valence-corrected chi connectivity index (χ2v) is 6.06. The van der Waals surface area contributed by atoms with Crippen molar-refractivity contribution in [1.29, 1.82) is 0 Å². The lowest BCUT2D eigenvalue weighted by Crippen LogP contribution is -2.27. The van der Waals surface area contributed by atoms with Gasteiger partial charge in [-0.05, 0) is 32.0 Å². The van der Waals surface area contributed by atoms with Gasteiger partial charge in [0.15, 0.2) is 0 Å². The van der Waals surface area contributed by atoms with E-state index in [-0.39, 0.29) is 5.91 Å². The fraction of sp³-hybridized carbons (Fsp3) is 0.444. The Morgan fingerprint density at radius 3 is 2.58 bits per heavy atom. The Morgan fingerprint density at radius 1 is 1.21 bits per heavy atom. The first-order valence-electron chi connectivity index (χ1n) is 8.24. The maximum absolute atomic E-state index is 11.9. The fourth-order valence-corrected chi connectivity index (χ4v) is 2.78. The maximum Gasteiger partial charge on any atom is 0.251 e. The van der Waals surface area contributed by atoms with E-state index in [2.05, 4.69) is 20.6 Å². The average molecular weight is 329 g/mol. The molecule has 2 rings (SSSR count). The van der Waals surface area contributed by atoms with Crippen molar-refractivity contribution in [3.05, 3.63) is 47.2 Å². The number of benzene rings is 1. The highest BCUT2D eigenvalue weighted by atomic mass is 16.1. The Morgan fingerprint density at radius 2 is 1.92 bits per heavy atom. The Hall–Kier alpha value is -2.34. The van der Waals surface area contributed by atoms with Crippen molar-refractivity contribution in [2.45, 2.75) is 19.9 Å². The van der Waals surface area contributed by atoms with Crippen LogP contribution in [0.15, 0.2) is 30.3 Å². The van der Waals surface area contributed by atoms with Crippen LogP contribution < -0.4 is 15.5 Å². The highest BCUT2D eigenvalue weighted by molar-refractivity contribution is 5.94. The zero-order chi connectivity index (χ0) is 17.5. The molecule has 0 unspecified atom stereocenters. The summed E-state index contributed by atoms with van der Waals surface area (Å²) in [6.45, 7) is 4.31. The van der Waals surface area contributed by atoms with E-state index in [0.717, 1.165) is 31.0 Å². The smallest absolute Gasteiger partial charge is 0.251 e. The minimum atomic E-state index is -0.0198. The third kappa shape index (κ3) is 4.58. The molecule has 1 aromatic heterocycles. The number of anilines is 1. The largest absolute Gasteiger partial charge is 0.363 e. The Balaban J connectivity index is 1.72. The van der Waals surface area contributed by atoms with Crippen LogP contribution in [-0.4, -0.2) is 42.9 Å². The second-order valence-electron chi connectivity index (χ2n) is 6.06. The molecule has 0 radical (unpaired) electrons. The van der Waals surface area contributed by atoms with Crippen LogP contribution in [-0.2, 0) is 13.6 Å². The van der Waals surface area contributed by atoms with Crippen LogP contribution in [0.4, 0.5) is 5.82 Å². The van der Waals surface area contributed by atoms with E-state index in [4.69, 9.17) is 0 Å². The van der Waals surface area contributed by atoms with E-state index >= 15 is 0 Å². The van der Waals surface area contributed by atoms with Gasteiger partial charge in [0, 0.05) is 45.4 Å². The molecule has 0 atom stereocenters. The number of carbonyl (C=O) groups excluding carboxylic acids is 1. The summed E-state index contributed by atoms with van der Waals surface area (Å²) < 4.78 is 1.91. The highest BCUT2D eigenvalue weighted by Gasteiger charge is 2.14. The molecule has 6 nitrogen and oxygen atoms in total. The van der Waals surface area contributed by atoms with Crippen LogP contribution in [0.1, 0.15) is 28.0 Å². The van der Waals surface area contributed by atoms with Gasteiger partial charge in [0.1, 0.15) is 5.82 Å². The first-order chi connectivity index (χ1) is 11.5. The minimum absolute atomic E-state index is 0.0198. The molecule has 6 heteroatoms. The molecule has 0 saturated heterocycles. The van der Waals surface area contributed by atoms with Gasteiger partial charge >= 0.3 is 0 Å². The second kappa shape index (κ2) is 8.49. The lowest BCUT2D eigenvalue weighted by Gasteiger charge is -2.15. The highest BCUT2D eigenvalue weighted by Crippen LogP contribution is 2.20. The molecule has 0 spiro atoms. The molecule has 2 N–H and O–H groups in total. The molecule has 0 bridgehead atoms. The van der Waals surface area contributed by atoms with Gasteiger partial charge in [0.2, 0.25) is 0 Å². The summed E-state index contributed by atoms with van der Waals surface area (Å²) >= 11 is 0. The molecule has 24 heavy (non-hydrogen) atoms. The van der Waals surface area contributed by atoms with Gasteiger partial charge in [0.25, 0.3) is 5.91 Å². The first-order valence-corrected chi connectivity index (χ1v) is 8.24. The summed E-state index contributed by atoms with van der Waals surface area (Å²) in [5, 5.41) is 10.9. The molecule has 1 heterocycles. The van der Waals surface area contributed by atoms with E-state index in [1.54, 1.807) is 0 Å². The van der Waals surface area contributed by atoms with Gasteiger partial charge < -0.3 is 15.5 Å². The van der Waals surface area contributed by atoms with Crippen molar-refractivity contribution in [2.24, 2.45) is 7.05 Å². The number of amides is 1. The first kappa shape index (κ1) is 18.0. The summed E-state index contributed by atoms with van der Waals surface area (Å²) in [5.74, 6) is 1.10. The SMILES string of the molecule is Cc1nn(C)c(N(C)C)c1CNCCCNC(=O)c1ccccc1. The number of rotatable bonds is 8. The molecule has 2 aromatic rings. The molecule has 0 aliphatic rings. The van der Waals surface area contributed by atoms with Crippen molar-refractivity contribution in [3.8, 4) is 0 Å². The summed E-state index contributed by atoms with van der Waals surface area (Å²) in [6.07, 6.45) is 0.884. The normalized spacial score (nSPS) is 10.7. The summed E-state index contributed by atoms with van der Waals surface area (Å²) in [4.78, 5) is 14.0. The number of carbonyl (C=O) groups is 1. The lowest BCUT2D eigenvalue weighted by atomic mass is 10.2. The van der Waals surface area contributed by atoms with E-state index in [1.165, 1.54) is 5.56 Å². The maximum atomic E-state index is 11.9. The summed E-state index contributed by atoms with van der Waals surface area (Å²) in [5.41, 5.74) is 2.97. The monoisotopic (exact) mass is 329 g/mol. The number of hydrogen-bond acceptors (Lipinski definition) is 4. The van der Waals surface area contributed by atoms with Crippen LogP contribution in [0.5, 0.6) is 0 Å². The Bertz CT molecular complexity index is 664. The third-order valence-corrected chi connectivity index (χ3v) is 3.89. The van der Waals surface area contributed by atoms with E-state index in [9.17, 15) is 4.79 Å². The molecular weight excluding hydrogens is 302 g/mol. The summed E-state index contributed by atoms with van der Waals surface area (Å²) in [7, 11) is 6.02. The standard InChI is InChI=1S/C18H27N5O/c1-14-16(18(22(2)3)23(4)21-14)13-19-11-8-12-20-17(24)15-9-6-5-7-10-15/h5-7,9-10,19H,8,11-13H2,1-4H3,(H,20,24). The predicted molar refractivity (Wildman–Crippen MR) is 97.4 cm³/mol. The van der Waals surface area contributed by atoms with Gasteiger partial charge in [-0.15, -0.1) is 0 Å².